The van der Waals surface area contributed by atoms with E-state index in [1.54, 1.807) is 25.6 Å². The maximum Gasteiger partial charge on any atom is 0.295 e. The van der Waals surface area contributed by atoms with Crippen LogP contribution in [0.15, 0.2) is 39.5 Å². The minimum atomic E-state index is -0.523. The summed E-state index contributed by atoms with van der Waals surface area (Å²) in [5.74, 6) is -0.546. The number of nitrogens with zero attached hydrogens (tertiary/aromatic N) is 4. The van der Waals surface area contributed by atoms with E-state index in [1.165, 1.54) is 27.8 Å². The number of hydrogen-bond acceptors (Lipinski definition) is 7. The fourth-order valence-corrected chi connectivity index (χ4v) is 4.76. The molecule has 0 spiro atoms. The molecule has 0 aliphatic carbocycles. The molecule has 2 heterocycles. The van der Waals surface area contributed by atoms with Crippen molar-refractivity contribution in [2.45, 2.75) is 43.7 Å². The summed E-state index contributed by atoms with van der Waals surface area (Å²) in [6, 6.07) is 9.24. The van der Waals surface area contributed by atoms with Crippen molar-refractivity contribution in [3.05, 3.63) is 46.4 Å². The van der Waals surface area contributed by atoms with Gasteiger partial charge < -0.3 is 10.6 Å². The van der Waals surface area contributed by atoms with Crippen LogP contribution in [0.2, 0.25) is 0 Å². The van der Waals surface area contributed by atoms with Crippen LogP contribution in [0.3, 0.4) is 0 Å². The van der Waals surface area contributed by atoms with Crippen LogP contribution in [0, 0.1) is 12.8 Å². The standard InChI is InChI=1S/C21H26N6O3S2/c1-6-12(2)17(28)23-20-24-25-21(32-20)31-14(4)18(29)22-16-13(3)26(5)27(19(16)30)15-10-8-7-9-11-15/h7-12,14H,6H2,1-5H3,(H,22,29)(H,23,24,28). The number of aromatic nitrogens is 4. The topological polar surface area (TPSA) is 111 Å². The lowest BCUT2D eigenvalue weighted by Gasteiger charge is -2.09. The molecule has 32 heavy (non-hydrogen) atoms. The third kappa shape index (κ3) is 5.10. The van der Waals surface area contributed by atoms with Gasteiger partial charge in [0.1, 0.15) is 5.69 Å². The molecule has 9 nitrogen and oxygen atoms in total. The van der Waals surface area contributed by atoms with Crippen LogP contribution in [-0.2, 0) is 16.6 Å². The Kier molecular flexibility index (Phi) is 7.52. The van der Waals surface area contributed by atoms with Crippen molar-refractivity contribution < 1.29 is 9.59 Å². The van der Waals surface area contributed by atoms with Gasteiger partial charge in [0.15, 0.2) is 4.34 Å². The Hall–Kier alpha value is -2.92. The molecule has 11 heteroatoms. The Labute approximate surface area is 194 Å². The molecule has 2 atom stereocenters. The number of nitrogens with one attached hydrogen (secondary N) is 2. The quantitative estimate of drug-likeness (QED) is 0.382. The molecular formula is C21H26N6O3S2. The van der Waals surface area contributed by atoms with Crippen molar-refractivity contribution in [3.63, 3.8) is 0 Å². The lowest BCUT2D eigenvalue weighted by molar-refractivity contribution is -0.119. The van der Waals surface area contributed by atoms with Gasteiger partial charge in [0, 0.05) is 13.0 Å². The van der Waals surface area contributed by atoms with Crippen LogP contribution in [0.25, 0.3) is 5.69 Å². The number of para-hydroxylation sites is 1. The van der Waals surface area contributed by atoms with Crippen molar-refractivity contribution in [3.8, 4) is 5.69 Å². The van der Waals surface area contributed by atoms with Crippen molar-refractivity contribution in [1.82, 2.24) is 19.6 Å². The van der Waals surface area contributed by atoms with Gasteiger partial charge in [-0.1, -0.05) is 55.1 Å². The van der Waals surface area contributed by atoms with Gasteiger partial charge in [0.25, 0.3) is 5.56 Å². The molecule has 0 saturated heterocycles. The van der Waals surface area contributed by atoms with E-state index in [4.69, 9.17) is 0 Å². The van der Waals surface area contributed by atoms with Gasteiger partial charge in [-0.25, -0.2) is 4.68 Å². The predicted molar refractivity (Wildman–Crippen MR) is 128 cm³/mol. The van der Waals surface area contributed by atoms with E-state index in [1.807, 2.05) is 44.2 Å². The highest BCUT2D eigenvalue weighted by atomic mass is 32.2. The Morgan fingerprint density at radius 2 is 1.81 bits per heavy atom. The molecule has 0 radical (unpaired) electrons. The minimum absolute atomic E-state index is 0.111. The first-order chi connectivity index (χ1) is 15.2. The van der Waals surface area contributed by atoms with E-state index in [-0.39, 0.29) is 29.0 Å². The highest BCUT2D eigenvalue weighted by Crippen LogP contribution is 2.30. The maximum absolute atomic E-state index is 13.0. The molecule has 0 saturated carbocycles. The molecule has 0 aliphatic rings. The molecule has 0 fully saturated rings. The summed E-state index contributed by atoms with van der Waals surface area (Å²) in [6.45, 7) is 7.29. The van der Waals surface area contributed by atoms with Crippen LogP contribution >= 0.6 is 23.1 Å². The predicted octanol–water partition coefficient (Wildman–Crippen LogP) is 3.44. The van der Waals surface area contributed by atoms with Gasteiger partial charge in [-0.3, -0.25) is 19.1 Å². The highest BCUT2D eigenvalue weighted by molar-refractivity contribution is 8.02. The zero-order valence-electron chi connectivity index (χ0n) is 18.6. The number of thioether (sulfide) groups is 1. The zero-order chi connectivity index (χ0) is 23.4. The normalized spacial score (nSPS) is 12.9. The molecule has 2 N–H and O–H groups in total. The second kappa shape index (κ2) is 10.1. The number of carbonyl (C=O) groups is 2. The highest BCUT2D eigenvalue weighted by Gasteiger charge is 2.23. The number of amides is 2. The van der Waals surface area contributed by atoms with Crippen LogP contribution in [0.4, 0.5) is 10.8 Å². The summed E-state index contributed by atoms with van der Waals surface area (Å²) >= 11 is 2.43. The van der Waals surface area contributed by atoms with E-state index in [0.717, 1.165) is 6.42 Å². The first-order valence-corrected chi connectivity index (χ1v) is 11.9. The molecule has 3 aromatic rings. The summed E-state index contributed by atoms with van der Waals surface area (Å²) in [5.41, 5.74) is 1.31. The van der Waals surface area contributed by atoms with Crippen LogP contribution < -0.4 is 16.2 Å². The number of benzene rings is 1. The average molecular weight is 475 g/mol. The molecule has 2 aromatic heterocycles. The fraction of sp³-hybridized carbons (Fsp3) is 0.381. The molecule has 170 valence electrons. The van der Waals surface area contributed by atoms with Gasteiger partial charge in [-0.05, 0) is 32.4 Å². The maximum atomic E-state index is 13.0. The third-order valence-electron chi connectivity index (χ3n) is 5.15. The largest absolute Gasteiger partial charge is 0.319 e. The Morgan fingerprint density at radius 1 is 1.12 bits per heavy atom. The third-order valence-corrected chi connectivity index (χ3v) is 7.17. The van der Waals surface area contributed by atoms with Gasteiger partial charge >= 0.3 is 0 Å². The van der Waals surface area contributed by atoms with Crippen LogP contribution in [-0.4, -0.2) is 36.6 Å². The first kappa shape index (κ1) is 23.7. The van der Waals surface area contributed by atoms with Crippen LogP contribution in [0.5, 0.6) is 0 Å². The zero-order valence-corrected chi connectivity index (χ0v) is 20.2. The van der Waals surface area contributed by atoms with Gasteiger partial charge in [-0.2, -0.15) is 0 Å². The van der Waals surface area contributed by atoms with Gasteiger partial charge in [-0.15, -0.1) is 10.2 Å². The molecular weight excluding hydrogens is 448 g/mol. The lowest BCUT2D eigenvalue weighted by Crippen LogP contribution is -2.27. The smallest absolute Gasteiger partial charge is 0.295 e. The van der Waals surface area contributed by atoms with E-state index in [9.17, 15) is 14.4 Å². The summed E-state index contributed by atoms with van der Waals surface area (Å²) in [5, 5.41) is 13.4. The first-order valence-electron chi connectivity index (χ1n) is 10.2. The van der Waals surface area contributed by atoms with Crippen LogP contribution in [0.1, 0.15) is 32.9 Å². The average Bonchev–Trinajstić information content (AvgIpc) is 3.30. The van der Waals surface area contributed by atoms with E-state index in [2.05, 4.69) is 20.8 Å². The summed E-state index contributed by atoms with van der Waals surface area (Å²) < 4.78 is 3.78. The fourth-order valence-electron chi connectivity index (χ4n) is 2.86. The number of carbonyl (C=O) groups excluding carboxylic acids is 2. The van der Waals surface area contributed by atoms with E-state index in [0.29, 0.717) is 20.9 Å². The van der Waals surface area contributed by atoms with Crippen molar-refractivity contribution in [2.75, 3.05) is 10.6 Å². The molecule has 3 rings (SSSR count). The SMILES string of the molecule is CCC(C)C(=O)Nc1nnc(SC(C)C(=O)Nc2c(C)n(C)n(-c3ccccc3)c2=O)s1. The lowest BCUT2D eigenvalue weighted by atomic mass is 10.1. The van der Waals surface area contributed by atoms with Crippen molar-refractivity contribution in [2.24, 2.45) is 13.0 Å². The van der Waals surface area contributed by atoms with E-state index >= 15 is 0 Å². The van der Waals surface area contributed by atoms with Crippen molar-refractivity contribution in [1.29, 1.82) is 0 Å². The van der Waals surface area contributed by atoms with Gasteiger partial charge in [0.05, 0.1) is 16.6 Å². The number of rotatable bonds is 8. The molecule has 2 unspecified atom stereocenters. The second-order valence-electron chi connectivity index (χ2n) is 7.36. The number of anilines is 2. The summed E-state index contributed by atoms with van der Waals surface area (Å²) in [7, 11) is 1.77. The minimum Gasteiger partial charge on any atom is -0.319 e. The molecule has 2 amide bonds. The Morgan fingerprint density at radius 3 is 2.47 bits per heavy atom. The second-order valence-corrected chi connectivity index (χ2v) is 9.92. The molecule has 1 aromatic carbocycles. The van der Waals surface area contributed by atoms with Gasteiger partial charge in [0.2, 0.25) is 16.9 Å². The van der Waals surface area contributed by atoms with E-state index < -0.39 is 5.25 Å². The molecule has 0 aliphatic heterocycles. The molecule has 0 bridgehead atoms. The van der Waals surface area contributed by atoms with Crippen molar-refractivity contribution >= 4 is 45.7 Å². The monoisotopic (exact) mass is 474 g/mol. The Balaban J connectivity index is 1.70. The summed E-state index contributed by atoms with van der Waals surface area (Å²) in [6.07, 6.45) is 0.730. The summed E-state index contributed by atoms with van der Waals surface area (Å²) in [4.78, 5) is 37.8. The number of hydrogen-bond donors (Lipinski definition) is 2. The Bertz CT molecular complexity index is 1170.